The van der Waals surface area contributed by atoms with Crippen LogP contribution < -0.4 is 0 Å². The molecule has 1 aliphatic heterocycles. The summed E-state index contributed by atoms with van der Waals surface area (Å²) in [4.78, 5) is 0. The molecule has 2 heteroatoms. The van der Waals surface area contributed by atoms with Gasteiger partial charge in [0.05, 0.1) is 6.61 Å². The van der Waals surface area contributed by atoms with Gasteiger partial charge in [0.2, 0.25) is 0 Å². The van der Waals surface area contributed by atoms with E-state index in [1.165, 1.54) is 11.1 Å². The Hall–Kier alpha value is -1.64. The molecular formula is C15H14O2. The predicted octanol–water partition coefficient (Wildman–Crippen LogP) is 2.99. The quantitative estimate of drug-likeness (QED) is 0.816. The summed E-state index contributed by atoms with van der Waals surface area (Å²) < 4.78 is 5.70. The smallest absolute Gasteiger partial charge is 0.114 e. The van der Waals surface area contributed by atoms with E-state index in [4.69, 9.17) is 9.84 Å². The maximum atomic E-state index is 8.98. The van der Waals surface area contributed by atoms with Crippen LogP contribution in [0.3, 0.4) is 0 Å². The molecule has 2 atom stereocenters. The summed E-state index contributed by atoms with van der Waals surface area (Å²) >= 11 is 0. The molecule has 3 rings (SSSR count). The van der Waals surface area contributed by atoms with Gasteiger partial charge in [-0.3, -0.25) is 0 Å². The van der Waals surface area contributed by atoms with Crippen molar-refractivity contribution in [3.63, 3.8) is 0 Å². The van der Waals surface area contributed by atoms with Crippen LogP contribution >= 0.6 is 0 Å². The zero-order valence-electron chi connectivity index (χ0n) is 9.41. The molecule has 0 saturated carbocycles. The number of epoxide rings is 1. The molecule has 86 valence electrons. The minimum Gasteiger partial charge on any atom is -0.392 e. The maximum Gasteiger partial charge on any atom is 0.114 e. The summed E-state index contributed by atoms with van der Waals surface area (Å²) in [5.41, 5.74) is 3.34. The predicted molar refractivity (Wildman–Crippen MR) is 65.4 cm³/mol. The highest BCUT2D eigenvalue weighted by atomic mass is 16.6. The van der Waals surface area contributed by atoms with Crippen LogP contribution in [-0.4, -0.2) is 5.11 Å². The minimum absolute atomic E-state index is 0.0912. The summed E-state index contributed by atoms with van der Waals surface area (Å²) in [6, 6.07) is 18.2. The van der Waals surface area contributed by atoms with E-state index >= 15 is 0 Å². The van der Waals surface area contributed by atoms with E-state index in [9.17, 15) is 0 Å². The molecular weight excluding hydrogens is 212 g/mol. The van der Waals surface area contributed by atoms with E-state index in [2.05, 4.69) is 12.1 Å². The monoisotopic (exact) mass is 226 g/mol. The Bertz CT molecular complexity index is 490. The molecule has 1 N–H and O–H groups in total. The molecule has 0 aromatic heterocycles. The molecule has 1 heterocycles. The van der Waals surface area contributed by atoms with Gasteiger partial charge < -0.3 is 9.84 Å². The Balaban J connectivity index is 1.76. The van der Waals surface area contributed by atoms with E-state index in [-0.39, 0.29) is 18.8 Å². The fourth-order valence-corrected chi connectivity index (χ4v) is 2.07. The van der Waals surface area contributed by atoms with E-state index in [1.807, 2.05) is 42.5 Å². The average Bonchev–Trinajstić information content (AvgIpc) is 3.20. The summed E-state index contributed by atoms with van der Waals surface area (Å²) in [5, 5.41) is 8.98. The van der Waals surface area contributed by atoms with Crippen LogP contribution in [0.4, 0.5) is 0 Å². The van der Waals surface area contributed by atoms with E-state index in [0.717, 1.165) is 5.56 Å². The molecule has 2 nitrogen and oxygen atoms in total. The molecule has 1 fully saturated rings. The van der Waals surface area contributed by atoms with Crippen molar-refractivity contribution in [1.82, 2.24) is 0 Å². The van der Waals surface area contributed by atoms with Crippen LogP contribution in [0.25, 0.3) is 0 Å². The first-order valence-corrected chi connectivity index (χ1v) is 5.78. The van der Waals surface area contributed by atoms with Crippen molar-refractivity contribution in [2.24, 2.45) is 0 Å². The third-order valence-electron chi connectivity index (χ3n) is 3.11. The Morgan fingerprint density at radius 2 is 1.41 bits per heavy atom. The van der Waals surface area contributed by atoms with E-state index in [0.29, 0.717) is 0 Å². The van der Waals surface area contributed by atoms with Crippen molar-refractivity contribution in [3.8, 4) is 0 Å². The van der Waals surface area contributed by atoms with Crippen molar-refractivity contribution in [3.05, 3.63) is 71.3 Å². The first-order valence-electron chi connectivity index (χ1n) is 5.78. The highest BCUT2D eigenvalue weighted by molar-refractivity contribution is 5.31. The van der Waals surface area contributed by atoms with E-state index < -0.39 is 0 Å². The van der Waals surface area contributed by atoms with Crippen LogP contribution in [0.5, 0.6) is 0 Å². The average molecular weight is 226 g/mol. The molecule has 0 amide bonds. The lowest BCUT2D eigenvalue weighted by Crippen LogP contribution is -1.86. The van der Waals surface area contributed by atoms with Gasteiger partial charge in [-0.25, -0.2) is 0 Å². The highest BCUT2D eigenvalue weighted by Gasteiger charge is 2.41. The fourth-order valence-electron chi connectivity index (χ4n) is 2.07. The molecule has 2 aromatic rings. The molecule has 0 bridgehead atoms. The molecule has 0 aliphatic carbocycles. The minimum atomic E-state index is 0.0912. The first kappa shape index (κ1) is 10.5. The zero-order valence-corrected chi connectivity index (χ0v) is 9.41. The number of benzene rings is 2. The lowest BCUT2D eigenvalue weighted by Gasteiger charge is -1.99. The molecule has 17 heavy (non-hydrogen) atoms. The lowest BCUT2D eigenvalue weighted by atomic mass is 10.0. The summed E-state index contributed by atoms with van der Waals surface area (Å²) in [6.07, 6.45) is 0.362. The third kappa shape index (κ3) is 2.09. The Kier molecular flexibility index (Phi) is 2.67. The van der Waals surface area contributed by atoms with Crippen LogP contribution in [-0.2, 0) is 11.3 Å². The van der Waals surface area contributed by atoms with Crippen molar-refractivity contribution < 1.29 is 9.84 Å². The van der Waals surface area contributed by atoms with Crippen molar-refractivity contribution in [1.29, 1.82) is 0 Å². The van der Waals surface area contributed by atoms with Crippen LogP contribution in [0.1, 0.15) is 28.9 Å². The molecule has 2 aromatic carbocycles. The first-order chi connectivity index (χ1) is 8.38. The number of aliphatic hydroxyl groups excluding tert-OH is 1. The molecule has 1 aliphatic rings. The highest BCUT2D eigenvalue weighted by Crippen LogP contribution is 2.50. The number of hydrogen-bond acceptors (Lipinski definition) is 2. The van der Waals surface area contributed by atoms with Gasteiger partial charge in [-0.2, -0.15) is 0 Å². The molecule has 2 unspecified atom stereocenters. The number of ether oxygens (including phenoxy) is 1. The second-order valence-corrected chi connectivity index (χ2v) is 4.29. The van der Waals surface area contributed by atoms with Gasteiger partial charge in [0.1, 0.15) is 12.2 Å². The second kappa shape index (κ2) is 4.32. The summed E-state index contributed by atoms with van der Waals surface area (Å²) in [7, 11) is 0. The summed E-state index contributed by atoms with van der Waals surface area (Å²) in [6.45, 7) is 0.0912. The number of hydrogen-bond donors (Lipinski definition) is 1. The normalized spacial score (nSPS) is 22.4. The van der Waals surface area contributed by atoms with Gasteiger partial charge in [0.15, 0.2) is 0 Å². The van der Waals surface area contributed by atoms with Gasteiger partial charge in [-0.1, -0.05) is 54.6 Å². The van der Waals surface area contributed by atoms with Gasteiger partial charge in [-0.15, -0.1) is 0 Å². The van der Waals surface area contributed by atoms with Crippen LogP contribution in [0, 0.1) is 0 Å². The van der Waals surface area contributed by atoms with Crippen molar-refractivity contribution >= 4 is 0 Å². The van der Waals surface area contributed by atoms with Gasteiger partial charge in [0, 0.05) is 0 Å². The molecule has 0 spiro atoms. The standard InChI is InChI=1S/C15H14O2/c16-10-11-6-8-13(9-7-11)15-14(17-15)12-4-2-1-3-5-12/h1-9,14-16H,10H2. The van der Waals surface area contributed by atoms with Gasteiger partial charge in [0.25, 0.3) is 0 Å². The van der Waals surface area contributed by atoms with Crippen LogP contribution in [0.2, 0.25) is 0 Å². The lowest BCUT2D eigenvalue weighted by molar-refractivity contribution is 0.282. The number of aliphatic hydroxyl groups is 1. The maximum absolute atomic E-state index is 8.98. The topological polar surface area (TPSA) is 32.8 Å². The Morgan fingerprint density at radius 1 is 0.824 bits per heavy atom. The Labute approximate surface area is 100 Å². The second-order valence-electron chi connectivity index (χ2n) is 4.29. The van der Waals surface area contributed by atoms with Gasteiger partial charge >= 0.3 is 0 Å². The third-order valence-corrected chi connectivity index (χ3v) is 3.11. The zero-order chi connectivity index (χ0) is 11.7. The van der Waals surface area contributed by atoms with Crippen molar-refractivity contribution in [2.75, 3.05) is 0 Å². The summed E-state index contributed by atoms with van der Waals surface area (Å²) in [5.74, 6) is 0. The van der Waals surface area contributed by atoms with Gasteiger partial charge in [-0.05, 0) is 16.7 Å². The Morgan fingerprint density at radius 3 is 2.00 bits per heavy atom. The number of rotatable bonds is 3. The fraction of sp³-hybridized carbons (Fsp3) is 0.200. The largest absolute Gasteiger partial charge is 0.392 e. The van der Waals surface area contributed by atoms with Crippen molar-refractivity contribution in [2.45, 2.75) is 18.8 Å². The van der Waals surface area contributed by atoms with E-state index in [1.54, 1.807) is 0 Å². The van der Waals surface area contributed by atoms with Crippen LogP contribution in [0.15, 0.2) is 54.6 Å². The SMILES string of the molecule is OCc1ccc(C2OC2c2ccccc2)cc1. The molecule has 0 radical (unpaired) electrons. The molecule has 1 saturated heterocycles.